The smallest absolute Gasteiger partial charge is 0.00871 e. The van der Waals surface area contributed by atoms with Gasteiger partial charge in [0.15, 0.2) is 0 Å². The summed E-state index contributed by atoms with van der Waals surface area (Å²) < 4.78 is 0. The quantitative estimate of drug-likeness (QED) is 0.463. The van der Waals surface area contributed by atoms with Gasteiger partial charge in [-0.05, 0) is 49.4 Å². The lowest BCUT2D eigenvalue weighted by Crippen LogP contribution is -2.17. The highest BCUT2D eigenvalue weighted by molar-refractivity contribution is 5.15. The largest absolute Gasteiger partial charge is 0.0877 e. The molecule has 0 radical (unpaired) electrons. The molecule has 0 aromatic heterocycles. The van der Waals surface area contributed by atoms with Crippen molar-refractivity contribution in [3.05, 3.63) is 12.2 Å². The fourth-order valence-corrected chi connectivity index (χ4v) is 3.78. The van der Waals surface area contributed by atoms with Crippen molar-refractivity contribution in [2.45, 2.75) is 38.5 Å². The minimum absolute atomic E-state index is 0.725. The molecular formula is C11H16. The van der Waals surface area contributed by atoms with Crippen molar-refractivity contribution in [1.29, 1.82) is 0 Å². The predicted octanol–water partition coefficient (Wildman–Crippen LogP) is 3.14. The van der Waals surface area contributed by atoms with Crippen molar-refractivity contribution in [3.8, 4) is 0 Å². The van der Waals surface area contributed by atoms with Crippen molar-refractivity contribution >= 4 is 0 Å². The third-order valence-corrected chi connectivity index (χ3v) is 4.21. The molecule has 0 aromatic carbocycles. The molecule has 0 nitrogen and oxygen atoms in total. The van der Waals surface area contributed by atoms with Gasteiger partial charge >= 0.3 is 0 Å². The van der Waals surface area contributed by atoms with Gasteiger partial charge in [0.05, 0.1) is 0 Å². The Morgan fingerprint density at radius 1 is 1.36 bits per heavy atom. The van der Waals surface area contributed by atoms with E-state index in [-0.39, 0.29) is 0 Å². The monoisotopic (exact) mass is 148 g/mol. The second kappa shape index (κ2) is 1.91. The molecule has 2 fully saturated rings. The van der Waals surface area contributed by atoms with Gasteiger partial charge in [-0.25, -0.2) is 0 Å². The minimum atomic E-state index is 0.725. The van der Waals surface area contributed by atoms with Gasteiger partial charge in [0.25, 0.3) is 0 Å². The molecule has 3 aliphatic rings. The van der Waals surface area contributed by atoms with E-state index in [1.54, 1.807) is 6.42 Å². The Hall–Kier alpha value is -0.260. The third kappa shape index (κ3) is 0.706. The Balaban J connectivity index is 2.03. The van der Waals surface area contributed by atoms with Gasteiger partial charge in [0.2, 0.25) is 0 Å². The van der Waals surface area contributed by atoms with Gasteiger partial charge < -0.3 is 0 Å². The molecule has 60 valence electrons. The van der Waals surface area contributed by atoms with Gasteiger partial charge in [-0.1, -0.05) is 18.6 Å². The van der Waals surface area contributed by atoms with Crippen LogP contribution in [0.15, 0.2) is 12.2 Å². The Labute approximate surface area is 68.7 Å². The molecule has 2 saturated carbocycles. The number of hydrogen-bond acceptors (Lipinski definition) is 0. The lowest BCUT2D eigenvalue weighted by molar-refractivity contribution is 0.317. The van der Waals surface area contributed by atoms with Crippen LogP contribution in [0.5, 0.6) is 0 Å². The number of allylic oxidation sites excluding steroid dienone is 2. The molecule has 0 N–H and O–H groups in total. The van der Waals surface area contributed by atoms with Crippen LogP contribution in [0.3, 0.4) is 0 Å². The SMILES string of the molecule is C1=CC23CCCC2CC(C1)C3. The fourth-order valence-electron chi connectivity index (χ4n) is 3.78. The molecule has 0 aromatic rings. The van der Waals surface area contributed by atoms with Crippen molar-refractivity contribution in [3.63, 3.8) is 0 Å². The molecule has 3 unspecified atom stereocenters. The van der Waals surface area contributed by atoms with Gasteiger partial charge in [0, 0.05) is 0 Å². The van der Waals surface area contributed by atoms with E-state index in [2.05, 4.69) is 12.2 Å². The average Bonchev–Trinajstić information content (AvgIpc) is 2.43. The number of hydrogen-bond donors (Lipinski definition) is 0. The summed E-state index contributed by atoms with van der Waals surface area (Å²) in [5, 5.41) is 0. The Kier molecular flexibility index (Phi) is 1.09. The standard InChI is InChI=1S/C11H16/c1-3-9-7-10-4-2-6-11(10,5-1)8-9/h1,5,9-10H,2-4,6-8H2. The van der Waals surface area contributed by atoms with E-state index >= 15 is 0 Å². The van der Waals surface area contributed by atoms with Crippen LogP contribution in [-0.4, -0.2) is 0 Å². The normalized spacial score (nSPS) is 53.1. The second-order valence-electron chi connectivity index (χ2n) is 4.77. The molecule has 11 heavy (non-hydrogen) atoms. The second-order valence-corrected chi connectivity index (χ2v) is 4.77. The summed E-state index contributed by atoms with van der Waals surface area (Å²) in [7, 11) is 0. The van der Waals surface area contributed by atoms with Crippen LogP contribution in [0.4, 0.5) is 0 Å². The summed E-state index contributed by atoms with van der Waals surface area (Å²) >= 11 is 0. The number of rotatable bonds is 0. The van der Waals surface area contributed by atoms with Crippen LogP contribution < -0.4 is 0 Å². The van der Waals surface area contributed by atoms with E-state index in [1.165, 1.54) is 32.1 Å². The third-order valence-electron chi connectivity index (χ3n) is 4.21. The average molecular weight is 148 g/mol. The molecule has 1 spiro atoms. The maximum absolute atomic E-state index is 2.56. The first-order valence-electron chi connectivity index (χ1n) is 5.07. The van der Waals surface area contributed by atoms with Crippen LogP contribution in [0.1, 0.15) is 38.5 Å². The molecule has 0 saturated heterocycles. The van der Waals surface area contributed by atoms with Crippen molar-refractivity contribution in [1.82, 2.24) is 0 Å². The van der Waals surface area contributed by atoms with E-state index in [0.29, 0.717) is 0 Å². The number of fused-ring (bicyclic) bond motifs is 1. The first-order chi connectivity index (χ1) is 5.39. The predicted molar refractivity (Wildman–Crippen MR) is 46.3 cm³/mol. The zero-order valence-corrected chi connectivity index (χ0v) is 7.05. The molecule has 2 bridgehead atoms. The molecule has 0 amide bonds. The highest BCUT2D eigenvalue weighted by Crippen LogP contribution is 2.59. The van der Waals surface area contributed by atoms with E-state index in [9.17, 15) is 0 Å². The Bertz CT molecular complexity index is 204. The van der Waals surface area contributed by atoms with Gasteiger partial charge in [-0.3, -0.25) is 0 Å². The molecule has 0 aliphatic heterocycles. The summed E-state index contributed by atoms with van der Waals surface area (Å²) in [5.74, 6) is 2.16. The van der Waals surface area contributed by atoms with Crippen molar-refractivity contribution in [2.75, 3.05) is 0 Å². The van der Waals surface area contributed by atoms with E-state index in [0.717, 1.165) is 17.3 Å². The van der Waals surface area contributed by atoms with Crippen LogP contribution in [0, 0.1) is 17.3 Å². The van der Waals surface area contributed by atoms with Crippen LogP contribution in [-0.2, 0) is 0 Å². The first kappa shape index (κ1) is 6.28. The van der Waals surface area contributed by atoms with Crippen LogP contribution in [0.25, 0.3) is 0 Å². The minimum Gasteiger partial charge on any atom is -0.0877 e. The van der Waals surface area contributed by atoms with E-state index < -0.39 is 0 Å². The summed E-state index contributed by atoms with van der Waals surface area (Å²) in [5.41, 5.74) is 0.725. The summed E-state index contributed by atoms with van der Waals surface area (Å²) in [6.45, 7) is 0. The molecule has 0 heterocycles. The van der Waals surface area contributed by atoms with Crippen LogP contribution >= 0.6 is 0 Å². The molecule has 0 heteroatoms. The lowest BCUT2D eigenvalue weighted by atomic mass is 9.77. The fraction of sp³-hybridized carbons (Fsp3) is 0.818. The molecule has 3 atom stereocenters. The summed E-state index contributed by atoms with van der Waals surface area (Å²) in [4.78, 5) is 0. The molecule has 3 aliphatic carbocycles. The van der Waals surface area contributed by atoms with Crippen molar-refractivity contribution in [2.24, 2.45) is 17.3 Å². The maximum atomic E-state index is 2.56. The zero-order valence-electron chi connectivity index (χ0n) is 7.05. The summed E-state index contributed by atoms with van der Waals surface area (Å²) in [6, 6.07) is 0. The van der Waals surface area contributed by atoms with E-state index in [4.69, 9.17) is 0 Å². The highest BCUT2D eigenvalue weighted by Gasteiger charge is 2.49. The van der Waals surface area contributed by atoms with Gasteiger partial charge in [-0.15, -0.1) is 0 Å². The maximum Gasteiger partial charge on any atom is -0.00871 e. The topological polar surface area (TPSA) is 0 Å². The Morgan fingerprint density at radius 2 is 2.36 bits per heavy atom. The Morgan fingerprint density at radius 3 is 3.36 bits per heavy atom. The first-order valence-corrected chi connectivity index (χ1v) is 5.07. The van der Waals surface area contributed by atoms with Gasteiger partial charge in [0.1, 0.15) is 0 Å². The molecule has 3 rings (SSSR count). The van der Waals surface area contributed by atoms with Crippen molar-refractivity contribution < 1.29 is 0 Å². The summed E-state index contributed by atoms with van der Waals surface area (Å²) in [6.07, 6.45) is 14.0. The zero-order chi connectivity index (χ0) is 7.31. The van der Waals surface area contributed by atoms with E-state index in [1.807, 2.05) is 0 Å². The molecular weight excluding hydrogens is 132 g/mol. The van der Waals surface area contributed by atoms with Crippen LogP contribution in [0.2, 0.25) is 0 Å². The lowest BCUT2D eigenvalue weighted by Gasteiger charge is -2.27. The van der Waals surface area contributed by atoms with Gasteiger partial charge in [-0.2, -0.15) is 0 Å². The highest BCUT2D eigenvalue weighted by atomic mass is 14.5.